The van der Waals surface area contributed by atoms with Crippen molar-refractivity contribution < 1.29 is 0 Å². The summed E-state index contributed by atoms with van der Waals surface area (Å²) in [5.74, 6) is 1.63. The van der Waals surface area contributed by atoms with Crippen molar-refractivity contribution in [3.05, 3.63) is 34.9 Å². The summed E-state index contributed by atoms with van der Waals surface area (Å²) in [6.07, 6.45) is 2.64. The van der Waals surface area contributed by atoms with E-state index in [1.165, 1.54) is 18.4 Å². The molecule has 2 atom stereocenters. The van der Waals surface area contributed by atoms with Gasteiger partial charge in [0.25, 0.3) is 0 Å². The molecular weight excluding hydrogens is 156 g/mol. The second-order valence-corrected chi connectivity index (χ2v) is 4.65. The van der Waals surface area contributed by atoms with Crippen molar-refractivity contribution in [1.29, 1.82) is 0 Å². The standard InChI is InChI=1S/C13H18/c1-9-4-5-12-7-10(2)6-11(3)13(12)8-9/h4-5,8,10-11H,6-7H2,1-3H3/t10-,11-/m1/s1. The molecule has 1 aliphatic rings. The van der Waals surface area contributed by atoms with E-state index in [-0.39, 0.29) is 0 Å². The molecule has 0 N–H and O–H groups in total. The van der Waals surface area contributed by atoms with E-state index in [1.807, 2.05) is 0 Å². The van der Waals surface area contributed by atoms with Crippen LogP contribution in [0.25, 0.3) is 0 Å². The number of hydrogen-bond donors (Lipinski definition) is 0. The highest BCUT2D eigenvalue weighted by Crippen LogP contribution is 2.34. The molecule has 0 saturated heterocycles. The van der Waals surface area contributed by atoms with Crippen molar-refractivity contribution >= 4 is 0 Å². The molecule has 0 spiro atoms. The Morgan fingerprint density at radius 2 is 2.00 bits per heavy atom. The number of hydrogen-bond acceptors (Lipinski definition) is 0. The van der Waals surface area contributed by atoms with Gasteiger partial charge in [-0.05, 0) is 42.7 Å². The van der Waals surface area contributed by atoms with E-state index >= 15 is 0 Å². The molecule has 0 amide bonds. The second kappa shape index (κ2) is 3.17. The van der Waals surface area contributed by atoms with Gasteiger partial charge in [0.15, 0.2) is 0 Å². The average Bonchev–Trinajstić information content (AvgIpc) is 2.06. The Labute approximate surface area is 81.0 Å². The molecule has 70 valence electrons. The van der Waals surface area contributed by atoms with Crippen molar-refractivity contribution in [3.63, 3.8) is 0 Å². The molecule has 0 saturated carbocycles. The molecule has 0 heterocycles. The molecule has 0 unspecified atom stereocenters. The van der Waals surface area contributed by atoms with E-state index < -0.39 is 0 Å². The van der Waals surface area contributed by atoms with Crippen molar-refractivity contribution in [2.75, 3.05) is 0 Å². The van der Waals surface area contributed by atoms with Crippen LogP contribution in [0, 0.1) is 12.8 Å². The lowest BCUT2D eigenvalue weighted by Gasteiger charge is -2.27. The molecule has 0 nitrogen and oxygen atoms in total. The van der Waals surface area contributed by atoms with Crippen molar-refractivity contribution in [2.24, 2.45) is 5.92 Å². The average molecular weight is 174 g/mol. The van der Waals surface area contributed by atoms with E-state index in [9.17, 15) is 0 Å². The van der Waals surface area contributed by atoms with Crippen molar-refractivity contribution in [2.45, 2.75) is 39.5 Å². The molecular formula is C13H18. The molecule has 0 aliphatic heterocycles. The summed E-state index contributed by atoms with van der Waals surface area (Å²) in [6, 6.07) is 6.92. The van der Waals surface area contributed by atoms with Gasteiger partial charge in [0.05, 0.1) is 0 Å². The van der Waals surface area contributed by atoms with Crippen LogP contribution in [-0.2, 0) is 6.42 Å². The summed E-state index contributed by atoms with van der Waals surface area (Å²) < 4.78 is 0. The van der Waals surface area contributed by atoms with Crippen molar-refractivity contribution in [3.8, 4) is 0 Å². The monoisotopic (exact) mass is 174 g/mol. The minimum atomic E-state index is 0.763. The van der Waals surface area contributed by atoms with Crippen LogP contribution in [0.15, 0.2) is 18.2 Å². The molecule has 1 aromatic carbocycles. The highest BCUT2D eigenvalue weighted by molar-refractivity contribution is 5.36. The second-order valence-electron chi connectivity index (χ2n) is 4.65. The molecule has 13 heavy (non-hydrogen) atoms. The van der Waals surface area contributed by atoms with Gasteiger partial charge in [0.2, 0.25) is 0 Å². The van der Waals surface area contributed by atoms with Gasteiger partial charge in [-0.2, -0.15) is 0 Å². The molecule has 0 aromatic heterocycles. The minimum Gasteiger partial charge on any atom is -0.0622 e. The normalized spacial score (nSPS) is 27.0. The van der Waals surface area contributed by atoms with Gasteiger partial charge in [-0.3, -0.25) is 0 Å². The first-order chi connectivity index (χ1) is 6.16. The lowest BCUT2D eigenvalue weighted by atomic mass is 9.78. The number of aryl methyl sites for hydroxylation is 1. The molecule has 0 bridgehead atoms. The SMILES string of the molecule is Cc1ccc2c(c1)[C@H](C)C[C@@H](C)C2. The summed E-state index contributed by atoms with van der Waals surface area (Å²) >= 11 is 0. The van der Waals surface area contributed by atoms with Gasteiger partial charge in [-0.15, -0.1) is 0 Å². The van der Waals surface area contributed by atoms with Gasteiger partial charge in [0.1, 0.15) is 0 Å². The predicted octanol–water partition coefficient (Wildman–Crippen LogP) is 3.68. The maximum Gasteiger partial charge on any atom is -0.0185 e. The van der Waals surface area contributed by atoms with Crippen LogP contribution in [0.4, 0.5) is 0 Å². The first kappa shape index (κ1) is 8.80. The summed E-state index contributed by atoms with van der Waals surface area (Å²) in [4.78, 5) is 0. The van der Waals surface area contributed by atoms with Gasteiger partial charge in [0, 0.05) is 0 Å². The van der Waals surface area contributed by atoms with Crippen LogP contribution >= 0.6 is 0 Å². The molecule has 2 rings (SSSR count). The Kier molecular flexibility index (Phi) is 2.15. The number of benzene rings is 1. The van der Waals surface area contributed by atoms with Crippen molar-refractivity contribution in [1.82, 2.24) is 0 Å². The quantitative estimate of drug-likeness (QED) is 0.563. The molecule has 1 aliphatic carbocycles. The lowest BCUT2D eigenvalue weighted by Crippen LogP contribution is -2.14. The molecule has 0 radical (unpaired) electrons. The van der Waals surface area contributed by atoms with Gasteiger partial charge >= 0.3 is 0 Å². The largest absolute Gasteiger partial charge is 0.0622 e. The van der Waals surface area contributed by atoms with Crippen LogP contribution < -0.4 is 0 Å². The Bertz CT molecular complexity index is 312. The van der Waals surface area contributed by atoms with Crippen LogP contribution in [-0.4, -0.2) is 0 Å². The van der Waals surface area contributed by atoms with E-state index in [2.05, 4.69) is 39.0 Å². The highest BCUT2D eigenvalue weighted by Gasteiger charge is 2.20. The third kappa shape index (κ3) is 1.63. The van der Waals surface area contributed by atoms with Crippen LogP contribution in [0.5, 0.6) is 0 Å². The number of rotatable bonds is 0. The van der Waals surface area contributed by atoms with Gasteiger partial charge in [-0.25, -0.2) is 0 Å². The zero-order chi connectivity index (χ0) is 9.42. The fourth-order valence-corrected chi connectivity index (χ4v) is 2.55. The van der Waals surface area contributed by atoms with E-state index in [1.54, 1.807) is 11.1 Å². The van der Waals surface area contributed by atoms with Crippen LogP contribution in [0.1, 0.15) is 42.9 Å². The topological polar surface area (TPSA) is 0 Å². The molecule has 0 heteroatoms. The fraction of sp³-hybridized carbons (Fsp3) is 0.538. The van der Waals surface area contributed by atoms with Crippen LogP contribution in [0.2, 0.25) is 0 Å². The Hall–Kier alpha value is -0.780. The summed E-state index contributed by atoms with van der Waals surface area (Å²) in [5, 5.41) is 0. The Balaban J connectivity index is 2.43. The van der Waals surface area contributed by atoms with Gasteiger partial charge in [-0.1, -0.05) is 37.6 Å². The zero-order valence-electron chi connectivity index (χ0n) is 8.80. The van der Waals surface area contributed by atoms with E-state index in [0.29, 0.717) is 0 Å². The van der Waals surface area contributed by atoms with E-state index in [0.717, 1.165) is 11.8 Å². The molecule has 1 aromatic rings. The molecule has 0 fully saturated rings. The van der Waals surface area contributed by atoms with Crippen LogP contribution in [0.3, 0.4) is 0 Å². The third-order valence-electron chi connectivity index (χ3n) is 3.16. The van der Waals surface area contributed by atoms with E-state index in [4.69, 9.17) is 0 Å². The fourth-order valence-electron chi connectivity index (χ4n) is 2.55. The first-order valence-corrected chi connectivity index (χ1v) is 5.26. The van der Waals surface area contributed by atoms with Gasteiger partial charge < -0.3 is 0 Å². The summed E-state index contributed by atoms with van der Waals surface area (Å²) in [5.41, 5.74) is 4.58. The minimum absolute atomic E-state index is 0.763. The Morgan fingerprint density at radius 3 is 2.77 bits per heavy atom. The zero-order valence-corrected chi connectivity index (χ0v) is 8.80. The Morgan fingerprint density at radius 1 is 1.23 bits per heavy atom. The number of fused-ring (bicyclic) bond motifs is 1. The maximum atomic E-state index is 2.37. The lowest BCUT2D eigenvalue weighted by molar-refractivity contribution is 0.449. The third-order valence-corrected chi connectivity index (χ3v) is 3.16. The smallest absolute Gasteiger partial charge is 0.0185 e. The first-order valence-electron chi connectivity index (χ1n) is 5.26. The summed E-state index contributed by atoms with van der Waals surface area (Å²) in [6.45, 7) is 6.90. The maximum absolute atomic E-state index is 2.37. The predicted molar refractivity (Wildman–Crippen MR) is 57.1 cm³/mol. The summed E-state index contributed by atoms with van der Waals surface area (Å²) in [7, 11) is 0. The highest BCUT2D eigenvalue weighted by atomic mass is 14.3.